The number of carbonyl (C=O) groups is 1. The van der Waals surface area contributed by atoms with Gasteiger partial charge >= 0.3 is 0 Å². The monoisotopic (exact) mass is 268 g/mol. The van der Waals surface area contributed by atoms with Crippen molar-refractivity contribution in [2.45, 2.75) is 6.54 Å². The standard InChI is InChI=1S/C12H12N2O3.ClH/c1-13-4-5-14(8-13)7-12(17)9-2-3-10(15)11(16)6-9;/h2-6,8H,7H2,1H3,(H-,15,16,17);1H. The van der Waals surface area contributed by atoms with E-state index in [4.69, 9.17) is 0 Å². The van der Waals surface area contributed by atoms with Gasteiger partial charge in [0.2, 0.25) is 12.1 Å². The molecule has 2 aromatic rings. The highest BCUT2D eigenvalue weighted by atomic mass is 35.5. The molecule has 2 rings (SSSR count). The minimum absolute atomic E-state index is 0. The van der Waals surface area contributed by atoms with Gasteiger partial charge in [0.15, 0.2) is 6.54 Å². The minimum Gasteiger partial charge on any atom is -0.870 e. The largest absolute Gasteiger partial charge is 0.870 e. The Kier molecular flexibility index (Phi) is 4.33. The van der Waals surface area contributed by atoms with Crippen LogP contribution in [0.2, 0.25) is 0 Å². The van der Waals surface area contributed by atoms with Gasteiger partial charge in [-0.15, -0.1) is 12.4 Å². The summed E-state index contributed by atoms with van der Waals surface area (Å²) < 4.78 is 3.55. The van der Waals surface area contributed by atoms with E-state index in [-0.39, 0.29) is 24.7 Å². The summed E-state index contributed by atoms with van der Waals surface area (Å²) in [6.45, 7) is 0.179. The van der Waals surface area contributed by atoms with Crippen LogP contribution in [0.15, 0.2) is 36.9 Å². The smallest absolute Gasteiger partial charge is 0.243 e. The Morgan fingerprint density at radius 3 is 2.78 bits per heavy atom. The number of hydrogen-bond donors (Lipinski definition) is 1. The first-order chi connectivity index (χ1) is 8.06. The molecule has 0 atom stereocenters. The number of phenolic OH excluding ortho intramolecular Hbond substituents is 1. The second kappa shape index (κ2) is 5.55. The number of benzene rings is 1. The number of aromatic nitrogens is 2. The Hall–Kier alpha value is -2.01. The fourth-order valence-electron chi connectivity index (χ4n) is 1.54. The molecule has 18 heavy (non-hydrogen) atoms. The van der Waals surface area contributed by atoms with Gasteiger partial charge in [-0.1, -0.05) is 17.9 Å². The fraction of sp³-hybridized carbons (Fsp3) is 0.167. The number of aryl methyl sites for hydroxylation is 1. The minimum atomic E-state index is -0.478. The number of ketones is 1. The van der Waals surface area contributed by atoms with Crippen molar-refractivity contribution in [2.24, 2.45) is 7.05 Å². The topological polar surface area (TPSA) is 69.2 Å². The molecule has 1 N–H and O–H groups in total. The van der Waals surface area contributed by atoms with Crippen molar-refractivity contribution in [1.29, 1.82) is 0 Å². The molecule has 0 bridgehead atoms. The molecule has 0 fully saturated rings. The normalized spacial score (nSPS) is 9.83. The molecule has 0 saturated carbocycles. The van der Waals surface area contributed by atoms with E-state index in [1.54, 1.807) is 17.1 Å². The van der Waals surface area contributed by atoms with Crippen molar-refractivity contribution < 1.29 is 19.6 Å². The predicted octanol–water partition coefficient (Wildman–Crippen LogP) is 0.396. The molecule has 0 radical (unpaired) electrons. The van der Waals surface area contributed by atoms with Crippen molar-refractivity contribution in [2.75, 3.05) is 0 Å². The number of hydrogen-bond acceptors (Lipinski definition) is 3. The summed E-state index contributed by atoms with van der Waals surface area (Å²) in [5.74, 6) is -1.03. The number of phenols is 1. The highest BCUT2D eigenvalue weighted by molar-refractivity contribution is 5.96. The van der Waals surface area contributed by atoms with Gasteiger partial charge in [0.1, 0.15) is 18.1 Å². The number of nitrogens with zero attached hydrogens (tertiary/aromatic N) is 2. The van der Waals surface area contributed by atoms with Crippen molar-refractivity contribution in [3.8, 4) is 11.5 Å². The van der Waals surface area contributed by atoms with E-state index in [9.17, 15) is 15.0 Å². The number of halogens is 1. The molecular formula is C12H13ClN2O3. The van der Waals surface area contributed by atoms with Crippen molar-refractivity contribution in [3.63, 3.8) is 0 Å². The summed E-state index contributed by atoms with van der Waals surface area (Å²) >= 11 is 0. The molecule has 1 aromatic carbocycles. The van der Waals surface area contributed by atoms with Crippen LogP contribution in [0.25, 0.3) is 0 Å². The van der Waals surface area contributed by atoms with Crippen molar-refractivity contribution >= 4 is 18.2 Å². The Bertz CT molecular complexity index is 566. The van der Waals surface area contributed by atoms with Crippen LogP contribution in [0.3, 0.4) is 0 Å². The molecule has 0 aliphatic rings. The van der Waals surface area contributed by atoms with E-state index in [2.05, 4.69) is 0 Å². The summed E-state index contributed by atoms with van der Waals surface area (Å²) in [7, 11) is 1.86. The first-order valence-electron chi connectivity index (χ1n) is 5.10. The van der Waals surface area contributed by atoms with Crippen LogP contribution in [0, 0.1) is 0 Å². The van der Waals surface area contributed by atoms with Crippen molar-refractivity contribution in [3.05, 3.63) is 42.5 Å². The zero-order valence-corrected chi connectivity index (χ0v) is 10.6. The molecule has 96 valence electrons. The second-order valence-electron chi connectivity index (χ2n) is 3.86. The average molecular weight is 269 g/mol. The molecule has 5 nitrogen and oxygen atoms in total. The molecule has 1 aromatic heterocycles. The van der Waals surface area contributed by atoms with E-state index in [0.29, 0.717) is 5.56 Å². The van der Waals surface area contributed by atoms with E-state index in [1.165, 1.54) is 18.2 Å². The lowest BCUT2D eigenvalue weighted by atomic mass is 10.1. The molecule has 0 spiro atoms. The Labute approximate surface area is 110 Å². The van der Waals surface area contributed by atoms with E-state index < -0.39 is 11.5 Å². The molecule has 0 saturated heterocycles. The van der Waals surface area contributed by atoms with Crippen molar-refractivity contribution in [1.82, 2.24) is 4.57 Å². The van der Waals surface area contributed by atoms with E-state index >= 15 is 0 Å². The molecular weight excluding hydrogens is 256 g/mol. The molecule has 0 aliphatic carbocycles. The lowest BCUT2D eigenvalue weighted by molar-refractivity contribution is -0.671. The zero-order chi connectivity index (χ0) is 12.4. The van der Waals surface area contributed by atoms with Gasteiger partial charge in [-0.2, -0.15) is 0 Å². The average Bonchev–Trinajstić information content (AvgIpc) is 2.68. The highest BCUT2D eigenvalue weighted by Crippen LogP contribution is 2.22. The van der Waals surface area contributed by atoms with Crippen LogP contribution < -0.4 is 9.67 Å². The predicted molar refractivity (Wildman–Crippen MR) is 64.7 cm³/mol. The zero-order valence-electron chi connectivity index (χ0n) is 9.74. The maximum Gasteiger partial charge on any atom is 0.243 e. The third-order valence-corrected chi connectivity index (χ3v) is 2.43. The summed E-state index contributed by atoms with van der Waals surface area (Å²) in [5.41, 5.74) is 0.332. The van der Waals surface area contributed by atoms with Gasteiger partial charge < -0.3 is 10.2 Å². The molecule has 0 unspecified atom stereocenters. The Balaban J connectivity index is 0.00000162. The first kappa shape index (κ1) is 14.1. The Morgan fingerprint density at radius 1 is 1.50 bits per heavy atom. The maximum absolute atomic E-state index is 11.8. The van der Waals surface area contributed by atoms with Crippen LogP contribution in [0.4, 0.5) is 0 Å². The van der Waals surface area contributed by atoms with E-state index in [1.807, 2.05) is 17.8 Å². The molecule has 0 aliphatic heterocycles. The highest BCUT2D eigenvalue weighted by Gasteiger charge is 2.11. The van der Waals surface area contributed by atoms with Gasteiger partial charge in [0, 0.05) is 5.56 Å². The SMILES string of the molecule is C[n+]1ccn(CC(=O)c2ccc([O-])c(O)c2)c1.Cl. The number of rotatable bonds is 3. The summed E-state index contributed by atoms with van der Waals surface area (Å²) in [4.78, 5) is 11.8. The second-order valence-corrected chi connectivity index (χ2v) is 3.86. The van der Waals surface area contributed by atoms with Gasteiger partial charge in [0.25, 0.3) is 0 Å². The van der Waals surface area contributed by atoms with Crippen LogP contribution in [0.5, 0.6) is 11.5 Å². The van der Waals surface area contributed by atoms with E-state index in [0.717, 1.165) is 0 Å². The lowest BCUT2D eigenvalue weighted by Crippen LogP contribution is -2.24. The third kappa shape index (κ3) is 3.01. The molecule has 6 heteroatoms. The summed E-state index contributed by atoms with van der Waals surface area (Å²) in [6.07, 6.45) is 5.38. The number of imidazole rings is 1. The molecule has 1 heterocycles. The van der Waals surface area contributed by atoms with Crippen LogP contribution in [-0.2, 0) is 13.6 Å². The van der Waals surface area contributed by atoms with Gasteiger partial charge in [-0.25, -0.2) is 9.13 Å². The summed E-state index contributed by atoms with van der Waals surface area (Å²) in [5, 5.41) is 20.2. The molecule has 0 amide bonds. The number of Topliss-reactive ketones (excluding diaryl/α,β-unsaturated/α-hetero) is 1. The first-order valence-corrected chi connectivity index (χ1v) is 5.10. The Morgan fingerprint density at radius 2 is 2.22 bits per heavy atom. The van der Waals surface area contributed by atoms with Gasteiger partial charge in [-0.05, 0) is 6.07 Å². The van der Waals surface area contributed by atoms with Crippen LogP contribution in [-0.4, -0.2) is 15.5 Å². The fourth-order valence-corrected chi connectivity index (χ4v) is 1.54. The van der Waals surface area contributed by atoms with Crippen LogP contribution >= 0.6 is 12.4 Å². The van der Waals surface area contributed by atoms with Gasteiger partial charge in [-0.3, -0.25) is 4.79 Å². The van der Waals surface area contributed by atoms with Crippen LogP contribution in [0.1, 0.15) is 10.4 Å². The quantitative estimate of drug-likeness (QED) is 0.647. The lowest BCUT2D eigenvalue weighted by Gasteiger charge is -2.08. The summed E-state index contributed by atoms with van der Waals surface area (Å²) in [6, 6.07) is 3.82. The third-order valence-electron chi connectivity index (χ3n) is 2.43. The van der Waals surface area contributed by atoms with Gasteiger partial charge in [0.05, 0.1) is 7.05 Å². The number of aromatic hydroxyl groups is 1. The number of carbonyl (C=O) groups excluding carboxylic acids is 1. The maximum atomic E-state index is 11.8.